The number of hydrogen-bond acceptors (Lipinski definition) is 11. The van der Waals surface area contributed by atoms with E-state index < -0.39 is 36.0 Å². The Hall–Kier alpha value is -3.93. The van der Waals surface area contributed by atoms with Gasteiger partial charge in [0.2, 0.25) is 17.7 Å². The van der Waals surface area contributed by atoms with E-state index in [1.807, 2.05) is 6.07 Å². The molecule has 3 aromatic heterocycles. The van der Waals surface area contributed by atoms with Crippen LogP contribution in [-0.2, 0) is 14.3 Å². The van der Waals surface area contributed by atoms with E-state index in [0.717, 1.165) is 24.1 Å². The molecule has 3 saturated heterocycles. The number of ether oxygens (including phenoxy) is 3. The number of carboxylic acids is 1. The summed E-state index contributed by atoms with van der Waals surface area (Å²) in [6, 6.07) is 4.29. The highest BCUT2D eigenvalue weighted by molar-refractivity contribution is 7.13. The molecule has 14 heteroatoms. The third kappa shape index (κ3) is 5.55. The zero-order valence-corrected chi connectivity index (χ0v) is 24.7. The van der Waals surface area contributed by atoms with Gasteiger partial charge in [-0.05, 0) is 37.3 Å². The van der Waals surface area contributed by atoms with Gasteiger partial charge in [0.1, 0.15) is 23.4 Å². The summed E-state index contributed by atoms with van der Waals surface area (Å²) < 4.78 is 45.7. The molecular formula is C30H30F2N6O5S. The lowest BCUT2D eigenvalue weighted by molar-refractivity contribution is -0.228. The Labute approximate surface area is 256 Å². The van der Waals surface area contributed by atoms with Crippen LogP contribution in [-0.4, -0.2) is 87.7 Å². The Morgan fingerprint density at radius 2 is 2.09 bits per heavy atom. The van der Waals surface area contributed by atoms with Gasteiger partial charge < -0.3 is 29.1 Å². The van der Waals surface area contributed by atoms with Crippen molar-refractivity contribution in [3.63, 3.8) is 0 Å². The molecular weight excluding hydrogens is 594 g/mol. The van der Waals surface area contributed by atoms with Crippen molar-refractivity contribution in [3.8, 4) is 28.4 Å². The van der Waals surface area contributed by atoms with E-state index in [-0.39, 0.29) is 30.8 Å². The van der Waals surface area contributed by atoms with Gasteiger partial charge in [0, 0.05) is 30.6 Å². The van der Waals surface area contributed by atoms with Crippen molar-refractivity contribution in [2.75, 3.05) is 42.7 Å². The van der Waals surface area contributed by atoms with Crippen LogP contribution in [0.4, 0.5) is 20.4 Å². The number of morpholine rings is 1. The zero-order chi connectivity index (χ0) is 30.4. The first-order valence-corrected chi connectivity index (χ1v) is 15.4. The number of halogens is 2. The predicted molar refractivity (Wildman–Crippen MR) is 156 cm³/mol. The summed E-state index contributed by atoms with van der Waals surface area (Å²) in [5, 5.41) is 11.9. The average molecular weight is 625 g/mol. The predicted octanol–water partition coefficient (Wildman–Crippen LogP) is 3.80. The van der Waals surface area contributed by atoms with Gasteiger partial charge in [0.15, 0.2) is 5.82 Å². The van der Waals surface area contributed by atoms with E-state index in [9.17, 15) is 18.7 Å². The molecule has 1 aliphatic carbocycles. The number of pyridine rings is 1. The van der Waals surface area contributed by atoms with Crippen molar-refractivity contribution in [2.45, 2.75) is 56.4 Å². The van der Waals surface area contributed by atoms with Crippen LogP contribution in [0.3, 0.4) is 0 Å². The van der Waals surface area contributed by atoms with E-state index in [4.69, 9.17) is 14.2 Å². The summed E-state index contributed by atoms with van der Waals surface area (Å²) in [6.07, 6.45) is 0.350. The number of thiophene rings is 1. The topological polar surface area (TPSA) is 123 Å². The largest absolute Gasteiger partial charge is 0.480 e. The summed E-state index contributed by atoms with van der Waals surface area (Å²) in [7, 11) is 0. The van der Waals surface area contributed by atoms with Crippen LogP contribution >= 0.6 is 11.3 Å². The number of aliphatic carboxylic acids is 1. The number of carboxylic acid groups (broad SMARTS) is 1. The van der Waals surface area contributed by atoms with Crippen LogP contribution in [0.5, 0.6) is 5.88 Å². The molecule has 230 valence electrons. The van der Waals surface area contributed by atoms with E-state index in [2.05, 4.69) is 43.6 Å². The van der Waals surface area contributed by atoms with Gasteiger partial charge in [-0.25, -0.2) is 23.5 Å². The fourth-order valence-electron chi connectivity index (χ4n) is 5.74. The Bertz CT molecular complexity index is 1610. The van der Waals surface area contributed by atoms with Gasteiger partial charge in [0.25, 0.3) is 6.43 Å². The molecule has 4 aliphatic rings. The number of anilines is 2. The highest BCUT2D eigenvalue weighted by Gasteiger charge is 2.50. The first-order valence-electron chi connectivity index (χ1n) is 14.5. The summed E-state index contributed by atoms with van der Waals surface area (Å²) in [5.74, 6) is 5.35. The average Bonchev–Trinajstić information content (AvgIpc) is 3.46. The Morgan fingerprint density at radius 1 is 1.25 bits per heavy atom. The van der Waals surface area contributed by atoms with Crippen LogP contribution in [0.2, 0.25) is 0 Å². The molecule has 4 fully saturated rings. The minimum Gasteiger partial charge on any atom is -0.480 e. The standard InChI is InChI=1S/C30H30F2N6O5S/c1-17-30(15-41-16-30)42-9-8-37(17)21-11-19(7-6-18-4-5-18)13-33-27(21)43-20-12-22(28(39)40)38(14-20)29-35-25(23-3-2-10-44-23)34-26(36-29)24(31)32/h2-3,10-11,13,17-18,20,22,24H,4-5,8-9,12,14-16H2,1H3,(H,39,40)/t17-,20-,22-/m0/s1. The van der Waals surface area contributed by atoms with Crippen LogP contribution in [0.1, 0.15) is 44.0 Å². The van der Waals surface area contributed by atoms with Crippen LogP contribution in [0, 0.1) is 17.8 Å². The lowest BCUT2D eigenvalue weighted by atomic mass is 9.90. The second-order valence-corrected chi connectivity index (χ2v) is 12.4. The third-order valence-corrected chi connectivity index (χ3v) is 9.31. The van der Waals surface area contributed by atoms with Crippen molar-refractivity contribution in [1.29, 1.82) is 0 Å². The molecule has 7 rings (SSSR count). The van der Waals surface area contributed by atoms with Crippen molar-refractivity contribution in [1.82, 2.24) is 19.9 Å². The van der Waals surface area contributed by atoms with Crippen LogP contribution in [0.25, 0.3) is 10.7 Å². The normalized spacial score (nSPS) is 24.2. The highest BCUT2D eigenvalue weighted by Crippen LogP contribution is 2.39. The number of hydrogen-bond donors (Lipinski definition) is 1. The summed E-state index contributed by atoms with van der Waals surface area (Å²) >= 11 is 1.29. The maximum absolute atomic E-state index is 13.8. The number of alkyl halides is 2. The van der Waals surface area contributed by atoms with E-state index in [1.54, 1.807) is 23.7 Å². The molecule has 0 unspecified atom stereocenters. The minimum atomic E-state index is -2.96. The summed E-state index contributed by atoms with van der Waals surface area (Å²) in [6.45, 7) is 4.22. The van der Waals surface area contributed by atoms with Gasteiger partial charge >= 0.3 is 5.97 Å². The Morgan fingerprint density at radius 3 is 2.77 bits per heavy atom. The number of rotatable bonds is 7. The fourth-order valence-corrected chi connectivity index (χ4v) is 6.40. The zero-order valence-electron chi connectivity index (χ0n) is 23.9. The third-order valence-electron chi connectivity index (χ3n) is 8.44. The highest BCUT2D eigenvalue weighted by atomic mass is 32.1. The van der Waals surface area contributed by atoms with Crippen molar-refractivity contribution >= 4 is 28.9 Å². The smallest absolute Gasteiger partial charge is 0.326 e. The van der Waals surface area contributed by atoms with Gasteiger partial charge in [-0.2, -0.15) is 9.97 Å². The quantitative estimate of drug-likeness (QED) is 0.386. The molecule has 6 heterocycles. The molecule has 1 saturated carbocycles. The molecule has 1 spiro atoms. The Kier molecular flexibility index (Phi) is 7.55. The Balaban J connectivity index is 1.20. The summed E-state index contributed by atoms with van der Waals surface area (Å²) in [5.41, 5.74) is 1.07. The van der Waals surface area contributed by atoms with Crippen molar-refractivity contribution in [2.24, 2.45) is 5.92 Å². The van der Waals surface area contributed by atoms with Crippen molar-refractivity contribution < 1.29 is 32.9 Å². The lowest BCUT2D eigenvalue weighted by Crippen LogP contribution is -2.68. The number of aromatic nitrogens is 4. The molecule has 3 aromatic rings. The molecule has 3 atom stereocenters. The number of nitrogens with zero attached hydrogens (tertiary/aromatic N) is 6. The molecule has 0 radical (unpaired) electrons. The fraction of sp³-hybridized carbons (Fsp3) is 0.500. The molecule has 0 aromatic carbocycles. The number of carbonyl (C=O) groups is 1. The molecule has 44 heavy (non-hydrogen) atoms. The SMILES string of the molecule is C[C@@H]1N(c2cc(C#CC3CC3)cnc2O[C@H]2C[C@@H](C(=O)O)N(c3nc(-c4cccs4)nc(C(F)F)n3)C2)CCOC12COC2. The molecule has 0 amide bonds. The molecule has 1 N–H and O–H groups in total. The summed E-state index contributed by atoms with van der Waals surface area (Å²) in [4.78, 5) is 33.5. The van der Waals surface area contributed by atoms with Crippen LogP contribution < -0.4 is 14.5 Å². The molecule has 3 aliphatic heterocycles. The van der Waals surface area contributed by atoms with Gasteiger partial charge in [-0.3, -0.25) is 0 Å². The van der Waals surface area contributed by atoms with Gasteiger partial charge in [0.05, 0.1) is 37.3 Å². The second-order valence-electron chi connectivity index (χ2n) is 11.4. The van der Waals surface area contributed by atoms with Crippen molar-refractivity contribution in [3.05, 3.63) is 41.2 Å². The monoisotopic (exact) mass is 624 g/mol. The van der Waals surface area contributed by atoms with Gasteiger partial charge in [-0.1, -0.05) is 17.9 Å². The maximum Gasteiger partial charge on any atom is 0.326 e. The molecule has 11 nitrogen and oxygen atoms in total. The minimum absolute atomic E-state index is 0.0405. The first-order chi connectivity index (χ1) is 21.3. The van der Waals surface area contributed by atoms with E-state index >= 15 is 0 Å². The van der Waals surface area contributed by atoms with E-state index in [0.29, 0.717) is 43.0 Å². The van der Waals surface area contributed by atoms with Gasteiger partial charge in [-0.15, -0.1) is 11.3 Å². The molecule has 0 bridgehead atoms. The maximum atomic E-state index is 13.8. The van der Waals surface area contributed by atoms with Crippen LogP contribution in [0.15, 0.2) is 29.8 Å². The first kappa shape index (κ1) is 28.8. The van der Waals surface area contributed by atoms with E-state index in [1.165, 1.54) is 16.2 Å². The lowest BCUT2D eigenvalue weighted by Gasteiger charge is -2.53. The second kappa shape index (κ2) is 11.5.